The van der Waals surface area contributed by atoms with Crippen molar-refractivity contribution < 1.29 is 19.1 Å². The lowest BCUT2D eigenvalue weighted by Gasteiger charge is -2.36. The number of aromatic nitrogens is 1. The van der Waals surface area contributed by atoms with Crippen molar-refractivity contribution in [1.82, 2.24) is 14.8 Å². The molecule has 3 heterocycles. The maximum atomic E-state index is 12.5. The number of methoxy groups -OCH3 is 1. The van der Waals surface area contributed by atoms with Gasteiger partial charge >= 0.3 is 6.09 Å². The molecule has 0 aliphatic carbocycles. The van der Waals surface area contributed by atoms with Gasteiger partial charge in [0.15, 0.2) is 0 Å². The highest BCUT2D eigenvalue weighted by Gasteiger charge is 2.27. The molecular weight excluding hydrogens is 552 g/mol. The Bertz CT molecular complexity index is 1550. The third-order valence-electron chi connectivity index (χ3n) is 7.47. The minimum atomic E-state index is -0.521. The summed E-state index contributed by atoms with van der Waals surface area (Å²) >= 11 is 6.73. The molecule has 1 aromatic heterocycles. The highest BCUT2D eigenvalue weighted by atomic mass is 35.5. The van der Waals surface area contributed by atoms with Crippen molar-refractivity contribution in [1.29, 1.82) is 0 Å². The Hall–Kier alpha value is -4.04. The van der Waals surface area contributed by atoms with Gasteiger partial charge in [-0.25, -0.2) is 9.78 Å². The second-order valence-electron chi connectivity index (χ2n) is 11.7. The number of rotatable bonds is 5. The van der Waals surface area contributed by atoms with Gasteiger partial charge in [0.05, 0.1) is 7.11 Å². The number of anilines is 1. The van der Waals surface area contributed by atoms with Crippen LogP contribution in [-0.4, -0.2) is 79.3 Å². The summed E-state index contributed by atoms with van der Waals surface area (Å²) in [6, 6.07) is 14.0. The molecule has 0 atom stereocenters. The second kappa shape index (κ2) is 11.7. The van der Waals surface area contributed by atoms with Crippen molar-refractivity contribution in [2.24, 2.45) is 0 Å². The van der Waals surface area contributed by atoms with Gasteiger partial charge in [0, 0.05) is 73.3 Å². The van der Waals surface area contributed by atoms with Crippen LogP contribution in [0.4, 0.5) is 10.6 Å². The Kier molecular flexibility index (Phi) is 8.19. The van der Waals surface area contributed by atoms with Crippen LogP contribution < -0.4 is 9.64 Å². The number of ether oxygens (including phenoxy) is 2. The van der Waals surface area contributed by atoms with Gasteiger partial charge in [-0.3, -0.25) is 4.79 Å². The average molecular weight is 589 g/mol. The van der Waals surface area contributed by atoms with Gasteiger partial charge in [0.2, 0.25) is 0 Å². The minimum absolute atomic E-state index is 0.0279. The van der Waals surface area contributed by atoms with E-state index in [9.17, 15) is 9.59 Å². The molecule has 220 valence electrons. The summed E-state index contributed by atoms with van der Waals surface area (Å²) in [7, 11) is 3.45. The Balaban J connectivity index is 1.42. The van der Waals surface area contributed by atoms with Gasteiger partial charge in [-0.1, -0.05) is 29.8 Å². The number of hydrogen-bond donors (Lipinski definition) is 0. The summed E-state index contributed by atoms with van der Waals surface area (Å²) < 4.78 is 11.5. The first-order valence-electron chi connectivity index (χ1n) is 14.1. The summed E-state index contributed by atoms with van der Waals surface area (Å²) in [5.41, 5.74) is 5.64. The van der Waals surface area contributed by atoms with Crippen molar-refractivity contribution in [3.8, 4) is 28.0 Å². The molecule has 0 spiro atoms. The molecule has 2 amide bonds. The highest BCUT2D eigenvalue weighted by molar-refractivity contribution is 6.35. The third-order valence-corrected chi connectivity index (χ3v) is 7.78. The summed E-state index contributed by atoms with van der Waals surface area (Å²) in [5, 5.41) is 0.518. The van der Waals surface area contributed by atoms with Crippen LogP contribution in [0.15, 0.2) is 54.7 Å². The number of piperazine rings is 1. The highest BCUT2D eigenvalue weighted by Crippen LogP contribution is 2.42. The summed E-state index contributed by atoms with van der Waals surface area (Å²) in [5.74, 6) is 1.54. The summed E-state index contributed by atoms with van der Waals surface area (Å²) in [6.45, 7) is 10.7. The maximum absolute atomic E-state index is 12.5. The maximum Gasteiger partial charge on any atom is 0.410 e. The van der Waals surface area contributed by atoms with Crippen molar-refractivity contribution in [3.05, 3.63) is 70.9 Å². The average Bonchev–Trinajstić information content (AvgIpc) is 3.29. The first-order chi connectivity index (χ1) is 19.9. The van der Waals surface area contributed by atoms with Gasteiger partial charge in [0.1, 0.15) is 17.2 Å². The van der Waals surface area contributed by atoms with Crippen LogP contribution in [0, 0.1) is 6.92 Å². The van der Waals surface area contributed by atoms with Gasteiger partial charge in [-0.2, -0.15) is 0 Å². The molecule has 2 aliphatic rings. The molecule has 8 nitrogen and oxygen atoms in total. The van der Waals surface area contributed by atoms with Crippen molar-refractivity contribution in [2.75, 3.05) is 51.8 Å². The molecule has 2 aromatic carbocycles. The Morgan fingerprint density at radius 2 is 1.62 bits per heavy atom. The number of pyridine rings is 1. The van der Waals surface area contributed by atoms with Crippen molar-refractivity contribution >= 4 is 35.0 Å². The molecule has 9 heteroatoms. The summed E-state index contributed by atoms with van der Waals surface area (Å²) in [4.78, 5) is 35.3. The number of aryl methyl sites for hydroxylation is 1. The quantitative estimate of drug-likeness (QED) is 0.348. The molecule has 5 rings (SSSR count). The Labute approximate surface area is 252 Å². The molecule has 0 radical (unpaired) electrons. The van der Waals surface area contributed by atoms with Crippen LogP contribution in [-0.2, 0) is 9.53 Å². The van der Waals surface area contributed by atoms with E-state index in [1.807, 2.05) is 51.1 Å². The van der Waals surface area contributed by atoms with E-state index >= 15 is 0 Å². The van der Waals surface area contributed by atoms with Crippen molar-refractivity contribution in [2.45, 2.75) is 33.3 Å². The number of benzene rings is 2. The number of nitrogens with zero attached hydrogens (tertiary/aromatic N) is 4. The van der Waals surface area contributed by atoms with Gasteiger partial charge in [0.25, 0.3) is 5.91 Å². The Morgan fingerprint density at radius 1 is 0.952 bits per heavy atom. The molecule has 0 N–H and O–H groups in total. The van der Waals surface area contributed by atoms with E-state index in [1.165, 1.54) is 0 Å². The fourth-order valence-electron chi connectivity index (χ4n) is 5.36. The van der Waals surface area contributed by atoms with E-state index in [0.717, 1.165) is 44.9 Å². The van der Waals surface area contributed by atoms with Crippen LogP contribution in [0.25, 0.3) is 27.8 Å². The van der Waals surface area contributed by atoms with E-state index in [-0.39, 0.29) is 12.0 Å². The SMILES string of the molecule is COc1c(-c2ccnc(N3CCN(C(=O)OC(C)(C)C)CC3)c2)cc(C)cc1-c1ccc(C2=CCN(C)C2=O)c(Cl)c1. The fourth-order valence-corrected chi connectivity index (χ4v) is 5.64. The molecule has 42 heavy (non-hydrogen) atoms. The molecule has 2 aliphatic heterocycles. The Morgan fingerprint density at radius 3 is 2.19 bits per heavy atom. The van der Waals surface area contributed by atoms with Gasteiger partial charge in [-0.05, 0) is 74.7 Å². The van der Waals surface area contributed by atoms with E-state index in [2.05, 4.69) is 35.0 Å². The van der Waals surface area contributed by atoms with E-state index < -0.39 is 5.60 Å². The number of likely N-dealkylation sites (N-methyl/N-ethyl adjacent to an activating group) is 1. The zero-order chi connectivity index (χ0) is 30.2. The molecule has 0 saturated carbocycles. The number of amides is 2. The third kappa shape index (κ3) is 6.09. The van der Waals surface area contributed by atoms with E-state index in [1.54, 1.807) is 30.2 Å². The first-order valence-corrected chi connectivity index (χ1v) is 14.5. The molecule has 0 unspecified atom stereocenters. The standard InChI is InChI=1S/C33H37ClN4O4/c1-21-17-26(22-7-8-24(28(34)19-22)25-10-12-36(5)31(25)39)30(41-6)27(18-21)23-9-11-35-29(20-23)37-13-15-38(16-14-37)32(40)42-33(2,3)4/h7-11,17-20H,12-16H2,1-6H3. The molecule has 0 bridgehead atoms. The second-order valence-corrected chi connectivity index (χ2v) is 12.2. The lowest BCUT2D eigenvalue weighted by atomic mass is 9.94. The lowest BCUT2D eigenvalue weighted by Crippen LogP contribution is -2.50. The smallest absolute Gasteiger partial charge is 0.410 e. The van der Waals surface area contributed by atoms with Crippen LogP contribution >= 0.6 is 11.6 Å². The number of carbonyl (C=O) groups is 2. The number of hydrogen-bond acceptors (Lipinski definition) is 6. The summed E-state index contributed by atoms with van der Waals surface area (Å²) in [6.07, 6.45) is 3.43. The zero-order valence-electron chi connectivity index (χ0n) is 25.0. The van der Waals surface area contributed by atoms with E-state index in [0.29, 0.717) is 43.3 Å². The monoisotopic (exact) mass is 588 g/mol. The van der Waals surface area contributed by atoms with Gasteiger partial charge < -0.3 is 24.2 Å². The largest absolute Gasteiger partial charge is 0.495 e. The minimum Gasteiger partial charge on any atom is -0.495 e. The zero-order valence-corrected chi connectivity index (χ0v) is 25.8. The van der Waals surface area contributed by atoms with Crippen LogP contribution in [0.2, 0.25) is 5.02 Å². The predicted octanol–water partition coefficient (Wildman–Crippen LogP) is 6.30. The predicted molar refractivity (Wildman–Crippen MR) is 167 cm³/mol. The van der Waals surface area contributed by atoms with Gasteiger partial charge in [-0.15, -0.1) is 0 Å². The number of carbonyl (C=O) groups excluding carboxylic acids is 2. The first kappa shape index (κ1) is 29.5. The molecule has 3 aromatic rings. The van der Waals surface area contributed by atoms with Crippen LogP contribution in [0.3, 0.4) is 0 Å². The van der Waals surface area contributed by atoms with Crippen molar-refractivity contribution in [3.63, 3.8) is 0 Å². The van der Waals surface area contributed by atoms with Crippen LogP contribution in [0.1, 0.15) is 31.9 Å². The molecular formula is C33H37ClN4O4. The number of halogens is 1. The molecule has 1 saturated heterocycles. The van der Waals surface area contributed by atoms with Crippen LogP contribution in [0.5, 0.6) is 5.75 Å². The fraction of sp³-hybridized carbons (Fsp3) is 0.364. The topological polar surface area (TPSA) is 75.2 Å². The van der Waals surface area contributed by atoms with E-state index in [4.69, 9.17) is 21.1 Å². The molecule has 1 fully saturated rings. The lowest BCUT2D eigenvalue weighted by molar-refractivity contribution is -0.122. The normalized spacial score (nSPS) is 15.6.